The average molecular weight is 389 g/mol. The molecule has 0 aliphatic heterocycles. The smallest absolute Gasteiger partial charge is 0.317 e. The Morgan fingerprint density at radius 3 is 2.68 bits per heavy atom. The first kappa shape index (κ1) is 19.2. The number of nitrogens with one attached hydrogen (secondary N) is 2. The normalized spacial score (nSPS) is 10.4. The number of benzene rings is 1. The molecule has 1 aromatic heterocycles. The largest absolute Gasteiger partial charge is 0.367 e. The molecule has 0 fully saturated rings. The fourth-order valence-corrected chi connectivity index (χ4v) is 2.45. The predicted molar refractivity (Wildman–Crippen MR) is 94.0 cm³/mol. The van der Waals surface area contributed by atoms with E-state index in [1.165, 1.54) is 24.2 Å². The zero-order valence-corrected chi connectivity index (χ0v) is 14.8. The van der Waals surface area contributed by atoms with Crippen LogP contribution in [0.25, 0.3) is 0 Å². The fourth-order valence-electron chi connectivity index (χ4n) is 2.01. The highest BCUT2D eigenvalue weighted by Gasteiger charge is 2.12. The first-order chi connectivity index (χ1) is 11.9. The van der Waals surface area contributed by atoms with Gasteiger partial charge in [0.2, 0.25) is 0 Å². The zero-order valence-electron chi connectivity index (χ0n) is 13.3. The number of hydrogen-bond acceptors (Lipinski definition) is 3. The molecular weight excluding hydrogens is 373 g/mol. The van der Waals surface area contributed by atoms with Gasteiger partial charge in [0.1, 0.15) is 17.5 Å². The molecule has 25 heavy (non-hydrogen) atoms. The molecule has 1 aromatic carbocycles. The Morgan fingerprint density at radius 1 is 1.24 bits per heavy atom. The number of aromatic nitrogens is 1. The molecule has 0 aliphatic rings. The van der Waals surface area contributed by atoms with Gasteiger partial charge in [-0.05, 0) is 12.1 Å². The van der Waals surface area contributed by atoms with Crippen LogP contribution in [0.15, 0.2) is 30.5 Å². The lowest BCUT2D eigenvalue weighted by Gasteiger charge is -2.18. The first-order valence-corrected chi connectivity index (χ1v) is 8.10. The van der Waals surface area contributed by atoms with E-state index in [0.29, 0.717) is 29.0 Å². The highest BCUT2D eigenvalue weighted by Crippen LogP contribution is 2.22. The topological polar surface area (TPSA) is 57.3 Å². The maximum absolute atomic E-state index is 13.6. The average Bonchev–Trinajstić information content (AvgIpc) is 2.55. The van der Waals surface area contributed by atoms with Crippen molar-refractivity contribution in [1.82, 2.24) is 15.2 Å². The summed E-state index contributed by atoms with van der Waals surface area (Å²) in [5.74, 6) is -0.888. The molecule has 134 valence electrons. The highest BCUT2D eigenvalue weighted by atomic mass is 35.5. The van der Waals surface area contributed by atoms with Gasteiger partial charge in [0, 0.05) is 44.5 Å². The van der Waals surface area contributed by atoms with E-state index >= 15 is 0 Å². The maximum Gasteiger partial charge on any atom is 0.317 e. The lowest BCUT2D eigenvalue weighted by Crippen LogP contribution is -2.39. The molecule has 2 amide bonds. The number of amides is 2. The quantitative estimate of drug-likeness (QED) is 0.737. The number of anilines is 1. The molecule has 0 bridgehead atoms. The number of rotatable bonds is 6. The van der Waals surface area contributed by atoms with E-state index in [2.05, 4.69) is 15.6 Å². The minimum atomic E-state index is -0.690. The molecule has 0 saturated carbocycles. The van der Waals surface area contributed by atoms with Crippen LogP contribution in [0.5, 0.6) is 0 Å². The van der Waals surface area contributed by atoms with E-state index in [9.17, 15) is 13.6 Å². The summed E-state index contributed by atoms with van der Waals surface area (Å²) in [7, 11) is 1.52. The third-order valence-electron chi connectivity index (χ3n) is 3.27. The Morgan fingerprint density at radius 2 is 2.00 bits per heavy atom. The van der Waals surface area contributed by atoms with Gasteiger partial charge in [-0.15, -0.1) is 0 Å². The van der Waals surface area contributed by atoms with Crippen LogP contribution in [-0.2, 0) is 6.54 Å². The highest BCUT2D eigenvalue weighted by molar-refractivity contribution is 6.35. The van der Waals surface area contributed by atoms with Gasteiger partial charge in [0.25, 0.3) is 0 Å². The van der Waals surface area contributed by atoms with Gasteiger partial charge in [0.15, 0.2) is 0 Å². The molecule has 2 aromatic rings. The van der Waals surface area contributed by atoms with Gasteiger partial charge >= 0.3 is 6.03 Å². The van der Waals surface area contributed by atoms with Gasteiger partial charge in [-0.3, -0.25) is 0 Å². The molecule has 0 saturated heterocycles. The molecule has 5 nitrogen and oxygen atoms in total. The third-order valence-corrected chi connectivity index (χ3v) is 3.77. The first-order valence-electron chi connectivity index (χ1n) is 7.34. The van der Waals surface area contributed by atoms with Gasteiger partial charge in [-0.2, -0.15) is 0 Å². The molecule has 0 radical (unpaired) electrons. The van der Waals surface area contributed by atoms with Gasteiger partial charge in [-0.25, -0.2) is 18.6 Å². The second-order valence-corrected chi connectivity index (χ2v) is 6.08. The number of pyridine rings is 1. The Labute approximate surface area is 153 Å². The number of urea groups is 1. The van der Waals surface area contributed by atoms with E-state index in [0.717, 1.165) is 12.1 Å². The van der Waals surface area contributed by atoms with Crippen molar-refractivity contribution in [3.8, 4) is 0 Å². The summed E-state index contributed by atoms with van der Waals surface area (Å²) in [6.45, 7) is 0.713. The number of carbonyl (C=O) groups is 1. The van der Waals surface area contributed by atoms with Crippen LogP contribution in [0.3, 0.4) is 0 Å². The van der Waals surface area contributed by atoms with Crippen molar-refractivity contribution in [1.29, 1.82) is 0 Å². The second kappa shape index (κ2) is 8.82. The second-order valence-electron chi connectivity index (χ2n) is 5.23. The Kier molecular flexibility index (Phi) is 6.78. The van der Waals surface area contributed by atoms with Crippen LogP contribution in [0.2, 0.25) is 10.0 Å². The van der Waals surface area contributed by atoms with E-state index in [-0.39, 0.29) is 18.1 Å². The molecule has 2 rings (SSSR count). The molecule has 2 N–H and O–H groups in total. The summed E-state index contributed by atoms with van der Waals surface area (Å²) in [6.07, 6.45) is 1.46. The maximum atomic E-state index is 13.6. The molecule has 9 heteroatoms. The monoisotopic (exact) mass is 388 g/mol. The summed E-state index contributed by atoms with van der Waals surface area (Å²) in [4.78, 5) is 17.3. The summed E-state index contributed by atoms with van der Waals surface area (Å²) >= 11 is 11.7. The van der Waals surface area contributed by atoms with Crippen molar-refractivity contribution in [3.05, 3.63) is 57.7 Å². The standard InChI is InChI=1S/C16H16Cl2F2N4O/c1-24(9-10-2-3-12(19)7-14(10)20)16(25)22-5-4-21-15-13(18)6-11(17)8-23-15/h2-3,6-8H,4-5,9H2,1H3,(H,21,23)(H,22,25). The molecule has 0 unspecified atom stereocenters. The SMILES string of the molecule is CN(Cc1ccc(F)cc1F)C(=O)NCCNc1ncc(Cl)cc1Cl. The molecule has 0 spiro atoms. The molecule has 0 aliphatic carbocycles. The summed E-state index contributed by atoms with van der Waals surface area (Å²) in [5.41, 5.74) is 0.231. The van der Waals surface area contributed by atoms with Crippen LogP contribution in [-0.4, -0.2) is 36.1 Å². The Bertz CT molecular complexity index is 761. The van der Waals surface area contributed by atoms with Crippen LogP contribution >= 0.6 is 23.2 Å². The summed E-state index contributed by atoms with van der Waals surface area (Å²) < 4.78 is 26.5. The third kappa shape index (κ3) is 5.72. The minimum absolute atomic E-state index is 0.0238. The predicted octanol–water partition coefficient (Wildman–Crippen LogP) is 3.92. The van der Waals surface area contributed by atoms with Crippen molar-refractivity contribution in [3.63, 3.8) is 0 Å². The van der Waals surface area contributed by atoms with Gasteiger partial charge < -0.3 is 15.5 Å². The number of halogens is 4. The van der Waals surface area contributed by atoms with Crippen LogP contribution in [0.4, 0.5) is 19.4 Å². The van der Waals surface area contributed by atoms with Crippen molar-refractivity contribution in [2.45, 2.75) is 6.54 Å². The van der Waals surface area contributed by atoms with Crippen molar-refractivity contribution < 1.29 is 13.6 Å². The van der Waals surface area contributed by atoms with E-state index < -0.39 is 11.6 Å². The van der Waals surface area contributed by atoms with Crippen molar-refractivity contribution in [2.24, 2.45) is 0 Å². The number of nitrogens with zero attached hydrogens (tertiary/aromatic N) is 2. The lowest BCUT2D eigenvalue weighted by atomic mass is 10.2. The van der Waals surface area contributed by atoms with E-state index in [1.807, 2.05) is 0 Å². The van der Waals surface area contributed by atoms with E-state index in [4.69, 9.17) is 23.2 Å². The number of hydrogen-bond donors (Lipinski definition) is 2. The Hall–Kier alpha value is -2.12. The molecule has 0 atom stereocenters. The zero-order chi connectivity index (χ0) is 18.4. The van der Waals surface area contributed by atoms with Crippen LogP contribution in [0.1, 0.15) is 5.56 Å². The van der Waals surface area contributed by atoms with Crippen LogP contribution < -0.4 is 10.6 Å². The van der Waals surface area contributed by atoms with Crippen molar-refractivity contribution in [2.75, 3.05) is 25.5 Å². The van der Waals surface area contributed by atoms with E-state index in [1.54, 1.807) is 6.07 Å². The fraction of sp³-hybridized carbons (Fsp3) is 0.250. The molecule has 1 heterocycles. The number of carbonyl (C=O) groups excluding carboxylic acids is 1. The van der Waals surface area contributed by atoms with Crippen LogP contribution in [0, 0.1) is 11.6 Å². The lowest BCUT2D eigenvalue weighted by molar-refractivity contribution is 0.207. The van der Waals surface area contributed by atoms with Gasteiger partial charge in [0.05, 0.1) is 10.0 Å². The molecular formula is C16H16Cl2F2N4O. The summed E-state index contributed by atoms with van der Waals surface area (Å²) in [5, 5.41) is 6.44. The Balaban J connectivity index is 1.77. The summed E-state index contributed by atoms with van der Waals surface area (Å²) in [6, 6.07) is 4.41. The van der Waals surface area contributed by atoms with Crippen molar-refractivity contribution >= 4 is 35.1 Å². The van der Waals surface area contributed by atoms with Gasteiger partial charge in [-0.1, -0.05) is 29.3 Å². The minimum Gasteiger partial charge on any atom is -0.367 e.